The van der Waals surface area contributed by atoms with Crippen LogP contribution in [0.3, 0.4) is 0 Å². The van der Waals surface area contributed by atoms with Gasteiger partial charge in [-0.2, -0.15) is 0 Å². The van der Waals surface area contributed by atoms with E-state index in [-0.39, 0.29) is 0 Å². The van der Waals surface area contributed by atoms with Crippen molar-refractivity contribution in [2.45, 2.75) is 12.8 Å². The first-order valence-electron chi connectivity index (χ1n) is 3.40. The maximum Gasteiger partial charge on any atom is 0.150 e. The van der Waals surface area contributed by atoms with Crippen LogP contribution in [0.5, 0.6) is 0 Å². The smallest absolute Gasteiger partial charge is 0.150 e. The zero-order valence-electron chi connectivity index (χ0n) is 5.72. The molecule has 1 aliphatic rings. The van der Waals surface area contributed by atoms with Gasteiger partial charge in [0.25, 0.3) is 0 Å². The van der Waals surface area contributed by atoms with E-state index >= 15 is 0 Å². The molecule has 2 nitrogen and oxygen atoms in total. The fourth-order valence-electron chi connectivity index (χ4n) is 1.24. The van der Waals surface area contributed by atoms with Crippen molar-refractivity contribution < 1.29 is 8.42 Å². The van der Waals surface area contributed by atoms with Crippen LogP contribution in [0.4, 0.5) is 0 Å². The average Bonchev–Trinajstić information content (AvgIpc) is 1.86. The molecule has 60 valence electrons. The molecule has 1 rings (SSSR count). The molecule has 0 spiro atoms. The zero-order chi connectivity index (χ0) is 7.61. The average molecular weight is 227 g/mol. The molecule has 1 aliphatic heterocycles. The van der Waals surface area contributed by atoms with Gasteiger partial charge in [0.1, 0.15) is 0 Å². The maximum absolute atomic E-state index is 11.0. The fraction of sp³-hybridized carbons (Fsp3) is 1.00. The Kier molecular flexibility index (Phi) is 2.74. The molecule has 0 aliphatic carbocycles. The second kappa shape index (κ2) is 3.22. The van der Waals surface area contributed by atoms with Crippen LogP contribution in [0, 0.1) is 5.92 Å². The maximum atomic E-state index is 11.0. The van der Waals surface area contributed by atoms with E-state index in [4.69, 9.17) is 0 Å². The van der Waals surface area contributed by atoms with Gasteiger partial charge in [0.05, 0.1) is 11.5 Å². The molecule has 10 heavy (non-hydrogen) atoms. The quantitative estimate of drug-likeness (QED) is 0.631. The van der Waals surface area contributed by atoms with Crippen LogP contribution >= 0.6 is 15.9 Å². The fourth-order valence-corrected chi connectivity index (χ4v) is 3.87. The minimum atomic E-state index is -2.67. The van der Waals surface area contributed by atoms with Crippen molar-refractivity contribution in [1.82, 2.24) is 0 Å². The SMILES string of the molecule is O=S1(=O)CCC[C@@H](CBr)C1. The molecule has 0 bridgehead atoms. The van der Waals surface area contributed by atoms with Gasteiger partial charge in [-0.3, -0.25) is 0 Å². The number of rotatable bonds is 1. The van der Waals surface area contributed by atoms with Gasteiger partial charge >= 0.3 is 0 Å². The van der Waals surface area contributed by atoms with Crippen LogP contribution in [0.1, 0.15) is 12.8 Å². The second-order valence-electron chi connectivity index (χ2n) is 2.78. The summed E-state index contributed by atoms with van der Waals surface area (Å²) in [7, 11) is -2.67. The van der Waals surface area contributed by atoms with Crippen LogP contribution in [-0.4, -0.2) is 25.3 Å². The Hall–Kier alpha value is 0.430. The van der Waals surface area contributed by atoms with E-state index in [2.05, 4.69) is 15.9 Å². The first kappa shape index (κ1) is 8.53. The van der Waals surface area contributed by atoms with Gasteiger partial charge < -0.3 is 0 Å². The molecule has 1 atom stereocenters. The number of halogens is 1. The molecule has 0 aromatic rings. The Labute approximate surface area is 70.1 Å². The number of sulfone groups is 1. The van der Waals surface area contributed by atoms with Crippen molar-refractivity contribution in [3.05, 3.63) is 0 Å². The van der Waals surface area contributed by atoms with Gasteiger partial charge in [-0.15, -0.1) is 0 Å². The Balaban J connectivity index is 2.56. The molecule has 4 heteroatoms. The molecule has 0 amide bonds. The predicted octanol–water partition coefficient (Wildman–Crippen LogP) is 1.21. The second-order valence-corrected chi connectivity index (χ2v) is 5.65. The molecular weight excluding hydrogens is 216 g/mol. The molecule has 0 saturated carbocycles. The molecule has 0 radical (unpaired) electrons. The molecule has 0 unspecified atom stereocenters. The molecule has 0 aromatic heterocycles. The predicted molar refractivity (Wildman–Crippen MR) is 45.2 cm³/mol. The normalized spacial score (nSPS) is 31.9. The molecule has 0 aromatic carbocycles. The van der Waals surface area contributed by atoms with Gasteiger partial charge in [-0.05, 0) is 18.8 Å². The lowest BCUT2D eigenvalue weighted by atomic mass is 10.1. The van der Waals surface area contributed by atoms with E-state index in [0.29, 0.717) is 17.4 Å². The summed E-state index contributed by atoms with van der Waals surface area (Å²) in [4.78, 5) is 0. The topological polar surface area (TPSA) is 34.1 Å². The molecule has 1 heterocycles. The van der Waals surface area contributed by atoms with Crippen molar-refractivity contribution in [2.75, 3.05) is 16.8 Å². The van der Waals surface area contributed by atoms with Gasteiger partial charge in [0, 0.05) is 5.33 Å². The van der Waals surface area contributed by atoms with Crippen molar-refractivity contribution in [2.24, 2.45) is 5.92 Å². The standard InChI is InChI=1S/C6H11BrO2S/c7-4-6-2-1-3-10(8,9)5-6/h6H,1-5H2/t6-/m0/s1. The highest BCUT2D eigenvalue weighted by molar-refractivity contribution is 9.09. The van der Waals surface area contributed by atoms with Gasteiger partial charge in [-0.1, -0.05) is 15.9 Å². The van der Waals surface area contributed by atoms with E-state index in [1.807, 2.05) is 0 Å². The van der Waals surface area contributed by atoms with Gasteiger partial charge in [-0.25, -0.2) is 8.42 Å². The zero-order valence-corrected chi connectivity index (χ0v) is 8.12. The van der Waals surface area contributed by atoms with E-state index in [0.717, 1.165) is 18.2 Å². The van der Waals surface area contributed by atoms with Crippen LogP contribution < -0.4 is 0 Å². The highest BCUT2D eigenvalue weighted by atomic mass is 79.9. The monoisotopic (exact) mass is 226 g/mol. The highest BCUT2D eigenvalue weighted by Crippen LogP contribution is 2.19. The molecule has 1 saturated heterocycles. The summed E-state index contributed by atoms with van der Waals surface area (Å²) < 4.78 is 22.0. The third-order valence-electron chi connectivity index (χ3n) is 1.78. The van der Waals surface area contributed by atoms with Crippen molar-refractivity contribution in [3.8, 4) is 0 Å². The van der Waals surface area contributed by atoms with E-state index in [1.165, 1.54) is 0 Å². The van der Waals surface area contributed by atoms with Gasteiger partial charge in [0.15, 0.2) is 9.84 Å². The Bertz CT molecular complexity index is 198. The number of hydrogen-bond donors (Lipinski definition) is 0. The summed E-state index contributed by atoms with van der Waals surface area (Å²) in [5.41, 5.74) is 0. The van der Waals surface area contributed by atoms with Crippen LogP contribution in [0.2, 0.25) is 0 Å². The number of hydrogen-bond acceptors (Lipinski definition) is 2. The van der Waals surface area contributed by atoms with Crippen molar-refractivity contribution >= 4 is 25.8 Å². The Morgan fingerprint density at radius 1 is 1.50 bits per heavy atom. The van der Waals surface area contributed by atoms with E-state index in [1.54, 1.807) is 0 Å². The lowest BCUT2D eigenvalue weighted by Gasteiger charge is -2.18. The summed E-state index contributed by atoms with van der Waals surface area (Å²) in [5.74, 6) is 1.15. The molecule has 0 N–H and O–H groups in total. The Morgan fingerprint density at radius 2 is 2.20 bits per heavy atom. The van der Waals surface area contributed by atoms with Crippen LogP contribution in [0.25, 0.3) is 0 Å². The summed E-state index contributed by atoms with van der Waals surface area (Å²) in [6.07, 6.45) is 1.91. The minimum Gasteiger partial charge on any atom is -0.229 e. The third-order valence-corrected chi connectivity index (χ3v) is 4.58. The lowest BCUT2D eigenvalue weighted by Crippen LogP contribution is -2.25. The largest absolute Gasteiger partial charge is 0.229 e. The third kappa shape index (κ3) is 2.23. The Morgan fingerprint density at radius 3 is 2.60 bits per heavy atom. The van der Waals surface area contributed by atoms with Gasteiger partial charge in [0.2, 0.25) is 0 Å². The van der Waals surface area contributed by atoms with Crippen molar-refractivity contribution in [1.29, 1.82) is 0 Å². The minimum absolute atomic E-state index is 0.360. The number of alkyl halides is 1. The highest BCUT2D eigenvalue weighted by Gasteiger charge is 2.23. The van der Waals surface area contributed by atoms with E-state index < -0.39 is 9.84 Å². The molecular formula is C6H11BrO2S. The first-order chi connectivity index (χ1) is 4.64. The van der Waals surface area contributed by atoms with Crippen LogP contribution in [-0.2, 0) is 9.84 Å². The summed E-state index contributed by atoms with van der Waals surface area (Å²) in [6, 6.07) is 0. The van der Waals surface area contributed by atoms with Crippen LogP contribution in [0.15, 0.2) is 0 Å². The molecule has 1 fully saturated rings. The van der Waals surface area contributed by atoms with E-state index in [9.17, 15) is 8.42 Å². The summed E-state index contributed by atoms with van der Waals surface area (Å²) >= 11 is 3.30. The van der Waals surface area contributed by atoms with Crippen molar-refractivity contribution in [3.63, 3.8) is 0 Å². The summed E-state index contributed by atoms with van der Waals surface area (Å²) in [5, 5.41) is 0.826. The lowest BCUT2D eigenvalue weighted by molar-refractivity contribution is 0.522. The first-order valence-corrected chi connectivity index (χ1v) is 6.35. The summed E-state index contributed by atoms with van der Waals surface area (Å²) in [6.45, 7) is 0.